The molecule has 0 aliphatic carbocycles. The lowest BCUT2D eigenvalue weighted by atomic mass is 9.96. The molecule has 2 aliphatic rings. The number of rotatable bonds is 5. The van der Waals surface area contributed by atoms with Crippen LogP contribution in [-0.4, -0.2) is 58.1 Å². The molecule has 0 spiro atoms. The van der Waals surface area contributed by atoms with E-state index in [1.54, 1.807) is 0 Å². The number of aromatic nitrogens is 4. The smallest absolute Gasteiger partial charge is 0.223 e. The molecule has 4 rings (SSSR count). The molecule has 1 N–H and O–H groups in total. The van der Waals surface area contributed by atoms with Crippen molar-refractivity contribution in [2.75, 3.05) is 31.1 Å². The van der Waals surface area contributed by atoms with Crippen LogP contribution in [0.2, 0.25) is 0 Å². The number of piperidine rings is 1. The molecule has 2 aliphatic heterocycles. The highest BCUT2D eigenvalue weighted by atomic mass is 16.5. The minimum atomic E-state index is 0.0764. The summed E-state index contributed by atoms with van der Waals surface area (Å²) in [6.45, 7) is 7.30. The molecule has 2 saturated heterocycles. The highest BCUT2D eigenvalue weighted by molar-refractivity contribution is 5.79. The maximum absolute atomic E-state index is 12.4. The molecule has 2 aromatic heterocycles. The van der Waals surface area contributed by atoms with E-state index in [2.05, 4.69) is 34.3 Å². The second-order valence-corrected chi connectivity index (χ2v) is 7.82. The number of fused-ring (bicyclic) bond motifs is 1. The van der Waals surface area contributed by atoms with E-state index in [1.165, 1.54) is 0 Å². The first-order chi connectivity index (χ1) is 13.1. The summed E-state index contributed by atoms with van der Waals surface area (Å²) in [6, 6.07) is 3.95. The van der Waals surface area contributed by atoms with Gasteiger partial charge in [0.1, 0.15) is 5.82 Å². The molecule has 2 fully saturated rings. The fourth-order valence-electron chi connectivity index (χ4n) is 3.86. The number of hydrogen-bond acceptors (Lipinski definition) is 6. The zero-order chi connectivity index (χ0) is 18.8. The van der Waals surface area contributed by atoms with Gasteiger partial charge in [-0.2, -0.15) is 4.52 Å². The molecule has 0 saturated carbocycles. The standard InChI is InChI=1S/C19H28N6O2/c1-13(2)18-22-21-16-5-6-17(23-25(16)18)24-9-7-14(8-10-24)19(26)20-12-15-4-3-11-27-15/h5-6,13-15H,3-4,7-12H2,1-2H3,(H,20,26)/t15-/m1/s1. The van der Waals surface area contributed by atoms with E-state index in [-0.39, 0.29) is 23.8 Å². The third-order valence-electron chi connectivity index (χ3n) is 5.51. The van der Waals surface area contributed by atoms with Gasteiger partial charge in [-0.15, -0.1) is 15.3 Å². The van der Waals surface area contributed by atoms with Crippen molar-refractivity contribution in [3.8, 4) is 0 Å². The second-order valence-electron chi connectivity index (χ2n) is 7.82. The van der Waals surface area contributed by atoms with Crippen LogP contribution >= 0.6 is 0 Å². The van der Waals surface area contributed by atoms with E-state index in [1.807, 2.05) is 16.6 Å². The Bertz CT molecular complexity index is 791. The minimum Gasteiger partial charge on any atom is -0.376 e. The van der Waals surface area contributed by atoms with Crippen molar-refractivity contribution in [2.45, 2.75) is 51.6 Å². The molecular weight excluding hydrogens is 344 g/mol. The van der Waals surface area contributed by atoms with E-state index < -0.39 is 0 Å². The van der Waals surface area contributed by atoms with Gasteiger partial charge in [0.15, 0.2) is 11.5 Å². The monoisotopic (exact) mass is 372 g/mol. The maximum Gasteiger partial charge on any atom is 0.223 e. The zero-order valence-electron chi connectivity index (χ0n) is 16.1. The molecule has 146 valence electrons. The quantitative estimate of drug-likeness (QED) is 0.861. The Hall–Kier alpha value is -2.22. The summed E-state index contributed by atoms with van der Waals surface area (Å²) in [5, 5.41) is 16.2. The Morgan fingerprint density at radius 2 is 2.07 bits per heavy atom. The zero-order valence-corrected chi connectivity index (χ0v) is 16.1. The van der Waals surface area contributed by atoms with Gasteiger partial charge in [0.2, 0.25) is 5.91 Å². The lowest BCUT2D eigenvalue weighted by molar-refractivity contribution is -0.126. The van der Waals surface area contributed by atoms with Crippen LogP contribution in [-0.2, 0) is 9.53 Å². The number of anilines is 1. The van der Waals surface area contributed by atoms with Gasteiger partial charge >= 0.3 is 0 Å². The van der Waals surface area contributed by atoms with Gasteiger partial charge in [0.05, 0.1) is 6.10 Å². The van der Waals surface area contributed by atoms with Gasteiger partial charge < -0.3 is 15.0 Å². The first-order valence-corrected chi connectivity index (χ1v) is 9.98. The van der Waals surface area contributed by atoms with Crippen LogP contribution in [0, 0.1) is 5.92 Å². The van der Waals surface area contributed by atoms with Gasteiger partial charge in [0.25, 0.3) is 0 Å². The van der Waals surface area contributed by atoms with E-state index in [0.717, 1.165) is 62.7 Å². The summed E-state index contributed by atoms with van der Waals surface area (Å²) >= 11 is 0. The van der Waals surface area contributed by atoms with Crippen LogP contribution in [0.25, 0.3) is 5.65 Å². The van der Waals surface area contributed by atoms with Crippen molar-refractivity contribution < 1.29 is 9.53 Å². The number of nitrogens with zero attached hydrogens (tertiary/aromatic N) is 5. The van der Waals surface area contributed by atoms with Crippen molar-refractivity contribution >= 4 is 17.4 Å². The van der Waals surface area contributed by atoms with E-state index >= 15 is 0 Å². The summed E-state index contributed by atoms with van der Waals surface area (Å²) < 4.78 is 7.41. The number of ether oxygens (including phenoxy) is 1. The molecule has 2 aromatic rings. The van der Waals surface area contributed by atoms with Crippen molar-refractivity contribution in [1.29, 1.82) is 0 Å². The van der Waals surface area contributed by atoms with Gasteiger partial charge in [0, 0.05) is 38.1 Å². The first-order valence-electron chi connectivity index (χ1n) is 9.98. The summed E-state index contributed by atoms with van der Waals surface area (Å²) in [6.07, 6.45) is 4.03. The van der Waals surface area contributed by atoms with Crippen molar-refractivity contribution in [3.63, 3.8) is 0 Å². The average molecular weight is 372 g/mol. The minimum absolute atomic E-state index is 0.0764. The number of hydrogen-bond donors (Lipinski definition) is 1. The fraction of sp³-hybridized carbons (Fsp3) is 0.684. The Labute approximate surface area is 159 Å². The summed E-state index contributed by atoms with van der Waals surface area (Å²) in [7, 11) is 0. The fourth-order valence-corrected chi connectivity index (χ4v) is 3.86. The molecule has 1 atom stereocenters. The molecule has 27 heavy (non-hydrogen) atoms. The third-order valence-corrected chi connectivity index (χ3v) is 5.51. The Kier molecular flexibility index (Phi) is 5.24. The molecular formula is C19H28N6O2. The lowest BCUT2D eigenvalue weighted by Gasteiger charge is -2.32. The average Bonchev–Trinajstić information content (AvgIpc) is 3.35. The van der Waals surface area contributed by atoms with Crippen molar-refractivity contribution in [3.05, 3.63) is 18.0 Å². The molecule has 0 bridgehead atoms. The first kappa shape index (κ1) is 18.2. The van der Waals surface area contributed by atoms with Crippen LogP contribution in [0.15, 0.2) is 12.1 Å². The predicted octanol–water partition coefficient (Wildman–Crippen LogP) is 1.76. The number of amides is 1. The van der Waals surface area contributed by atoms with Crippen LogP contribution < -0.4 is 10.2 Å². The SMILES string of the molecule is CC(C)c1nnc2ccc(N3CCC(C(=O)NC[C@H]4CCCO4)CC3)nn12. The van der Waals surface area contributed by atoms with Gasteiger partial charge in [-0.1, -0.05) is 13.8 Å². The molecule has 1 amide bonds. The van der Waals surface area contributed by atoms with E-state index in [0.29, 0.717) is 6.54 Å². The topological polar surface area (TPSA) is 84.7 Å². The molecule has 4 heterocycles. The highest BCUT2D eigenvalue weighted by Gasteiger charge is 2.27. The molecule has 0 aromatic carbocycles. The van der Waals surface area contributed by atoms with Crippen molar-refractivity contribution in [2.24, 2.45) is 5.92 Å². The summed E-state index contributed by atoms with van der Waals surface area (Å²) in [4.78, 5) is 14.7. The summed E-state index contributed by atoms with van der Waals surface area (Å²) in [5.41, 5.74) is 0.769. The molecule has 0 unspecified atom stereocenters. The predicted molar refractivity (Wildman–Crippen MR) is 102 cm³/mol. The second kappa shape index (κ2) is 7.80. The summed E-state index contributed by atoms with van der Waals surface area (Å²) in [5.74, 6) is 2.29. The number of carbonyl (C=O) groups excluding carboxylic acids is 1. The number of carbonyl (C=O) groups is 1. The van der Waals surface area contributed by atoms with Gasteiger partial charge in [-0.3, -0.25) is 4.79 Å². The normalized spacial score (nSPS) is 21.3. The van der Waals surface area contributed by atoms with Crippen LogP contribution in [0.5, 0.6) is 0 Å². The van der Waals surface area contributed by atoms with Gasteiger partial charge in [-0.05, 0) is 37.8 Å². The van der Waals surface area contributed by atoms with E-state index in [4.69, 9.17) is 9.84 Å². The van der Waals surface area contributed by atoms with Crippen LogP contribution in [0.1, 0.15) is 51.3 Å². The molecule has 8 nitrogen and oxygen atoms in total. The van der Waals surface area contributed by atoms with Gasteiger partial charge in [-0.25, -0.2) is 0 Å². The number of nitrogens with one attached hydrogen (secondary N) is 1. The maximum atomic E-state index is 12.4. The molecule has 8 heteroatoms. The van der Waals surface area contributed by atoms with Crippen LogP contribution in [0.3, 0.4) is 0 Å². The highest BCUT2D eigenvalue weighted by Crippen LogP contribution is 2.23. The molecule has 0 radical (unpaired) electrons. The third kappa shape index (κ3) is 3.90. The van der Waals surface area contributed by atoms with Crippen molar-refractivity contribution in [1.82, 2.24) is 25.1 Å². The largest absolute Gasteiger partial charge is 0.376 e. The Morgan fingerprint density at radius 1 is 1.26 bits per heavy atom. The Morgan fingerprint density at radius 3 is 2.78 bits per heavy atom. The van der Waals surface area contributed by atoms with Crippen LogP contribution in [0.4, 0.5) is 5.82 Å². The lowest BCUT2D eigenvalue weighted by Crippen LogP contribution is -2.42. The van der Waals surface area contributed by atoms with E-state index in [9.17, 15) is 4.79 Å². The Balaban J connectivity index is 1.35.